The molecule has 2 aromatic carbocycles. The van der Waals surface area contributed by atoms with Gasteiger partial charge in [0.15, 0.2) is 0 Å². The molecule has 0 radical (unpaired) electrons. The Bertz CT molecular complexity index is 725. The molecule has 0 bridgehead atoms. The summed E-state index contributed by atoms with van der Waals surface area (Å²) >= 11 is 0. The first-order valence-corrected chi connectivity index (χ1v) is 6.52. The second-order valence-corrected chi connectivity index (χ2v) is 4.59. The molecular weight excluding hydrogens is 262 g/mol. The lowest BCUT2D eigenvalue weighted by molar-refractivity contribution is 0.104. The quantitative estimate of drug-likeness (QED) is 0.485. The lowest BCUT2D eigenvalue weighted by atomic mass is 10.00. The largest absolute Gasteiger partial charge is 0.497 e. The molecule has 0 aliphatic carbocycles. The number of allylic oxidation sites excluding steroid dienone is 1. The average Bonchev–Trinajstić information content (AvgIpc) is 2.54. The summed E-state index contributed by atoms with van der Waals surface area (Å²) in [7, 11) is 1.60. The van der Waals surface area contributed by atoms with Crippen LogP contribution in [-0.2, 0) is 0 Å². The molecule has 2 rings (SSSR count). The van der Waals surface area contributed by atoms with Gasteiger partial charge in [-0.2, -0.15) is 5.26 Å². The van der Waals surface area contributed by atoms with E-state index in [2.05, 4.69) is 0 Å². The van der Waals surface area contributed by atoms with Crippen molar-refractivity contribution in [1.82, 2.24) is 0 Å². The third-order valence-electron chi connectivity index (χ3n) is 3.18. The minimum Gasteiger partial charge on any atom is -0.497 e. The number of hydrogen-bond acceptors (Lipinski definition) is 3. The Balaban J connectivity index is 2.38. The molecule has 0 saturated carbocycles. The molecule has 0 heterocycles. The van der Waals surface area contributed by atoms with Gasteiger partial charge in [0.1, 0.15) is 17.4 Å². The van der Waals surface area contributed by atoms with E-state index in [4.69, 9.17) is 4.74 Å². The molecule has 21 heavy (non-hydrogen) atoms. The van der Waals surface area contributed by atoms with Crippen molar-refractivity contribution in [2.24, 2.45) is 0 Å². The van der Waals surface area contributed by atoms with Gasteiger partial charge in [-0.1, -0.05) is 36.4 Å². The van der Waals surface area contributed by atoms with Crippen LogP contribution in [0, 0.1) is 18.3 Å². The van der Waals surface area contributed by atoms with E-state index < -0.39 is 0 Å². The molecule has 0 unspecified atom stereocenters. The van der Waals surface area contributed by atoms with Crippen LogP contribution in [0.15, 0.2) is 54.1 Å². The number of nitriles is 1. The summed E-state index contributed by atoms with van der Waals surface area (Å²) in [5, 5.41) is 9.25. The van der Waals surface area contributed by atoms with Crippen LogP contribution in [0.2, 0.25) is 0 Å². The van der Waals surface area contributed by atoms with Gasteiger partial charge < -0.3 is 4.74 Å². The number of carbonyl (C=O) groups is 1. The summed E-state index contributed by atoms with van der Waals surface area (Å²) in [5.74, 6) is 0.478. The number of benzene rings is 2. The first-order chi connectivity index (χ1) is 10.2. The van der Waals surface area contributed by atoms with Crippen LogP contribution in [-0.4, -0.2) is 12.9 Å². The van der Waals surface area contributed by atoms with Gasteiger partial charge in [0.05, 0.1) is 7.11 Å². The fourth-order valence-electron chi connectivity index (χ4n) is 1.99. The number of nitrogens with zero attached hydrogens (tertiary/aromatic N) is 1. The van der Waals surface area contributed by atoms with Crippen LogP contribution in [0.3, 0.4) is 0 Å². The molecular formula is C18H15NO2. The van der Waals surface area contributed by atoms with Gasteiger partial charge in [-0.25, -0.2) is 0 Å². The molecule has 0 N–H and O–H groups in total. The second-order valence-electron chi connectivity index (χ2n) is 4.59. The maximum absolute atomic E-state index is 12.3. The number of ketones is 1. The van der Waals surface area contributed by atoms with Crippen molar-refractivity contribution in [3.63, 3.8) is 0 Å². The van der Waals surface area contributed by atoms with Crippen LogP contribution in [0.25, 0.3) is 6.08 Å². The van der Waals surface area contributed by atoms with E-state index >= 15 is 0 Å². The smallest absolute Gasteiger partial charge is 0.203 e. The molecule has 3 heteroatoms. The molecule has 3 nitrogen and oxygen atoms in total. The van der Waals surface area contributed by atoms with E-state index in [-0.39, 0.29) is 11.4 Å². The number of rotatable bonds is 4. The molecule has 0 saturated heterocycles. The third kappa shape index (κ3) is 3.37. The molecule has 0 aromatic heterocycles. The van der Waals surface area contributed by atoms with Gasteiger partial charge in [-0.05, 0) is 36.3 Å². The molecule has 0 spiro atoms. The van der Waals surface area contributed by atoms with Crippen LogP contribution >= 0.6 is 0 Å². The molecule has 2 aromatic rings. The zero-order valence-electron chi connectivity index (χ0n) is 12.0. The summed E-state index contributed by atoms with van der Waals surface area (Å²) < 4.78 is 5.15. The highest BCUT2D eigenvalue weighted by Crippen LogP contribution is 2.20. The van der Waals surface area contributed by atoms with Gasteiger partial charge in [0, 0.05) is 5.56 Å². The van der Waals surface area contributed by atoms with E-state index in [0.717, 1.165) is 16.9 Å². The fraction of sp³-hybridized carbons (Fsp3) is 0.111. The van der Waals surface area contributed by atoms with Crippen LogP contribution < -0.4 is 4.74 Å². The zero-order chi connectivity index (χ0) is 15.2. The standard InChI is InChI=1S/C18H15NO2/c1-13-10-17(21-2)9-8-15(13)11-16(12-19)18(20)14-6-4-3-5-7-14/h3-11H,1-2H3. The fourth-order valence-corrected chi connectivity index (χ4v) is 1.99. The van der Waals surface area contributed by atoms with Gasteiger partial charge in [-0.3, -0.25) is 4.79 Å². The molecule has 0 atom stereocenters. The SMILES string of the molecule is COc1ccc(C=C(C#N)C(=O)c2ccccc2)c(C)c1. The number of ether oxygens (including phenoxy) is 1. The van der Waals surface area contributed by atoms with Gasteiger partial charge >= 0.3 is 0 Å². The lowest BCUT2D eigenvalue weighted by Gasteiger charge is -2.05. The second kappa shape index (κ2) is 6.53. The Morgan fingerprint density at radius 2 is 1.90 bits per heavy atom. The van der Waals surface area contributed by atoms with Crippen LogP contribution in [0.5, 0.6) is 5.75 Å². The number of Topliss-reactive ketones (excluding diaryl/α,β-unsaturated/α-hetero) is 1. The van der Waals surface area contributed by atoms with Crippen LogP contribution in [0.4, 0.5) is 0 Å². The van der Waals surface area contributed by atoms with Crippen LogP contribution in [0.1, 0.15) is 21.5 Å². The van der Waals surface area contributed by atoms with Crippen molar-refractivity contribution in [1.29, 1.82) is 5.26 Å². The number of hydrogen-bond donors (Lipinski definition) is 0. The zero-order valence-corrected chi connectivity index (χ0v) is 12.0. The Labute approximate surface area is 124 Å². The van der Waals surface area contributed by atoms with Gasteiger partial charge in [-0.15, -0.1) is 0 Å². The number of carbonyl (C=O) groups excluding carboxylic acids is 1. The summed E-state index contributed by atoms with van der Waals surface area (Å²) in [6, 6.07) is 16.3. The predicted molar refractivity (Wildman–Crippen MR) is 82.1 cm³/mol. The van der Waals surface area contributed by atoms with Gasteiger partial charge in [0.2, 0.25) is 5.78 Å². The molecule has 0 aliphatic heterocycles. The summed E-state index contributed by atoms with van der Waals surface area (Å²) in [4.78, 5) is 12.3. The summed E-state index contributed by atoms with van der Waals surface area (Å²) in [6.45, 7) is 1.91. The van der Waals surface area contributed by atoms with E-state index in [1.54, 1.807) is 43.5 Å². The van der Waals surface area contributed by atoms with E-state index in [1.165, 1.54) is 0 Å². The molecule has 0 aliphatic rings. The number of aryl methyl sites for hydroxylation is 1. The highest BCUT2D eigenvalue weighted by Gasteiger charge is 2.12. The van der Waals surface area contributed by atoms with Crippen molar-refractivity contribution in [2.45, 2.75) is 6.92 Å². The first kappa shape index (κ1) is 14.5. The van der Waals surface area contributed by atoms with E-state index in [1.807, 2.05) is 31.2 Å². The highest BCUT2D eigenvalue weighted by atomic mass is 16.5. The normalized spacial score (nSPS) is 10.8. The topological polar surface area (TPSA) is 50.1 Å². The van der Waals surface area contributed by atoms with E-state index in [0.29, 0.717) is 5.56 Å². The summed E-state index contributed by atoms with van der Waals surface area (Å²) in [5.41, 5.74) is 2.41. The van der Waals surface area contributed by atoms with Crippen molar-refractivity contribution in [2.75, 3.05) is 7.11 Å². The summed E-state index contributed by atoms with van der Waals surface area (Å²) in [6.07, 6.45) is 1.62. The van der Waals surface area contributed by atoms with Gasteiger partial charge in [0.25, 0.3) is 0 Å². The maximum atomic E-state index is 12.3. The van der Waals surface area contributed by atoms with E-state index in [9.17, 15) is 10.1 Å². The highest BCUT2D eigenvalue weighted by molar-refractivity contribution is 6.14. The van der Waals surface area contributed by atoms with Crippen molar-refractivity contribution < 1.29 is 9.53 Å². The Kier molecular flexibility index (Phi) is 4.53. The monoisotopic (exact) mass is 277 g/mol. The minimum absolute atomic E-state index is 0.120. The first-order valence-electron chi connectivity index (χ1n) is 6.52. The average molecular weight is 277 g/mol. The van der Waals surface area contributed by atoms with Crippen molar-refractivity contribution in [3.8, 4) is 11.8 Å². The molecule has 0 amide bonds. The number of methoxy groups -OCH3 is 1. The minimum atomic E-state index is -0.270. The Morgan fingerprint density at radius 1 is 1.19 bits per heavy atom. The van der Waals surface area contributed by atoms with Crippen molar-refractivity contribution >= 4 is 11.9 Å². The Morgan fingerprint density at radius 3 is 2.48 bits per heavy atom. The Hall–Kier alpha value is -2.86. The molecule has 104 valence electrons. The third-order valence-corrected chi connectivity index (χ3v) is 3.18. The molecule has 0 fully saturated rings. The maximum Gasteiger partial charge on any atom is 0.203 e. The predicted octanol–water partition coefficient (Wildman–Crippen LogP) is 3.79. The van der Waals surface area contributed by atoms with Crippen molar-refractivity contribution in [3.05, 3.63) is 70.8 Å². The lowest BCUT2D eigenvalue weighted by Crippen LogP contribution is -2.01.